The third kappa shape index (κ3) is 3.97. The summed E-state index contributed by atoms with van der Waals surface area (Å²) in [6, 6.07) is 3.74. The molecule has 1 nitrogen and oxygen atoms in total. The van der Waals surface area contributed by atoms with Crippen LogP contribution in [0.4, 0.5) is 0 Å². The number of rotatable bonds is 3. The van der Waals surface area contributed by atoms with Gasteiger partial charge in [0.05, 0.1) is 0 Å². The van der Waals surface area contributed by atoms with E-state index in [2.05, 4.69) is 18.8 Å². The van der Waals surface area contributed by atoms with Crippen LogP contribution in [0, 0.1) is 5.92 Å². The minimum atomic E-state index is 0.478. The van der Waals surface area contributed by atoms with E-state index >= 15 is 0 Å². The molecule has 0 fully saturated rings. The van der Waals surface area contributed by atoms with E-state index in [1.165, 1.54) is 5.56 Å². The van der Waals surface area contributed by atoms with E-state index < -0.39 is 0 Å². The first-order chi connectivity index (χ1) is 6.08. The topological polar surface area (TPSA) is 12.9 Å². The summed E-state index contributed by atoms with van der Waals surface area (Å²) in [6.07, 6.45) is 2.16. The van der Waals surface area contributed by atoms with Crippen molar-refractivity contribution in [2.24, 2.45) is 5.92 Å². The lowest BCUT2D eigenvalue weighted by Gasteiger charge is -2.05. The van der Waals surface area contributed by atoms with Crippen LogP contribution in [0.5, 0.6) is 0 Å². The van der Waals surface area contributed by atoms with E-state index in [4.69, 9.17) is 23.2 Å². The number of hydrogen-bond donors (Lipinski definition) is 0. The monoisotopic (exact) mass is 217 g/mol. The summed E-state index contributed by atoms with van der Waals surface area (Å²) in [4.78, 5) is 3.89. The first kappa shape index (κ1) is 10.8. The molecule has 0 bridgehead atoms. The fourth-order valence-electron chi connectivity index (χ4n) is 1.11. The van der Waals surface area contributed by atoms with Gasteiger partial charge in [0.15, 0.2) is 0 Å². The summed E-state index contributed by atoms with van der Waals surface area (Å²) in [5, 5.41) is 0.956. The Labute approximate surface area is 89.1 Å². The second-order valence-electron chi connectivity index (χ2n) is 3.55. The maximum Gasteiger partial charge on any atom is 0.131 e. The van der Waals surface area contributed by atoms with E-state index in [0.717, 1.165) is 12.8 Å². The zero-order valence-corrected chi connectivity index (χ0v) is 9.36. The van der Waals surface area contributed by atoms with E-state index in [0.29, 0.717) is 16.2 Å². The van der Waals surface area contributed by atoms with Crippen molar-refractivity contribution in [2.45, 2.75) is 26.7 Å². The van der Waals surface area contributed by atoms with Gasteiger partial charge in [-0.1, -0.05) is 37.0 Å². The van der Waals surface area contributed by atoms with Crippen LogP contribution in [0.3, 0.4) is 0 Å². The molecule has 1 aromatic heterocycles. The van der Waals surface area contributed by atoms with Crippen LogP contribution in [0.25, 0.3) is 0 Å². The molecule has 0 radical (unpaired) electrons. The van der Waals surface area contributed by atoms with Crippen LogP contribution >= 0.6 is 23.2 Å². The number of nitrogens with zero attached hydrogens (tertiary/aromatic N) is 1. The zero-order valence-electron chi connectivity index (χ0n) is 7.85. The van der Waals surface area contributed by atoms with Gasteiger partial charge in [0, 0.05) is 0 Å². The van der Waals surface area contributed by atoms with Crippen molar-refractivity contribution in [3.05, 3.63) is 28.0 Å². The third-order valence-corrected chi connectivity index (χ3v) is 2.22. The highest BCUT2D eigenvalue weighted by molar-refractivity contribution is 6.32. The smallest absolute Gasteiger partial charge is 0.131 e. The first-order valence-electron chi connectivity index (χ1n) is 4.40. The number of aromatic nitrogens is 1. The fraction of sp³-hybridized carbons (Fsp3) is 0.500. The molecule has 0 aliphatic rings. The zero-order chi connectivity index (χ0) is 9.84. The number of halogens is 2. The van der Waals surface area contributed by atoms with Crippen LogP contribution in [-0.4, -0.2) is 4.98 Å². The average molecular weight is 218 g/mol. The van der Waals surface area contributed by atoms with Gasteiger partial charge >= 0.3 is 0 Å². The van der Waals surface area contributed by atoms with Gasteiger partial charge in [0.1, 0.15) is 10.3 Å². The largest absolute Gasteiger partial charge is 0.224 e. The summed E-state index contributed by atoms with van der Waals surface area (Å²) in [5.41, 5.74) is 1.17. The predicted octanol–water partition coefficient (Wildman–Crippen LogP) is 3.98. The Kier molecular flexibility index (Phi) is 4.01. The van der Waals surface area contributed by atoms with Gasteiger partial charge in [-0.25, -0.2) is 4.98 Å². The fourth-order valence-corrected chi connectivity index (χ4v) is 1.62. The normalized spacial score (nSPS) is 10.8. The average Bonchev–Trinajstić information content (AvgIpc) is 1.99. The Hall–Kier alpha value is -0.270. The first-order valence-corrected chi connectivity index (χ1v) is 5.15. The van der Waals surface area contributed by atoms with Crippen LogP contribution in [-0.2, 0) is 6.42 Å². The second-order valence-corrected chi connectivity index (χ2v) is 4.33. The molecule has 0 atom stereocenters. The maximum absolute atomic E-state index is 5.77. The maximum atomic E-state index is 5.77. The van der Waals surface area contributed by atoms with Crippen LogP contribution in [0.1, 0.15) is 25.8 Å². The molecular weight excluding hydrogens is 205 g/mol. The molecule has 3 heteroatoms. The van der Waals surface area contributed by atoms with E-state index in [1.54, 1.807) is 0 Å². The van der Waals surface area contributed by atoms with Crippen molar-refractivity contribution in [1.82, 2.24) is 4.98 Å². The van der Waals surface area contributed by atoms with E-state index in [1.807, 2.05) is 12.1 Å². The van der Waals surface area contributed by atoms with Crippen LogP contribution in [0.15, 0.2) is 12.1 Å². The summed E-state index contributed by atoms with van der Waals surface area (Å²) in [7, 11) is 0. The molecule has 13 heavy (non-hydrogen) atoms. The lowest BCUT2D eigenvalue weighted by molar-refractivity contribution is 0.586. The SMILES string of the molecule is CC(C)CCc1cc(Cl)nc(Cl)c1. The van der Waals surface area contributed by atoms with Crippen molar-refractivity contribution in [3.63, 3.8) is 0 Å². The van der Waals surface area contributed by atoms with Crippen molar-refractivity contribution in [3.8, 4) is 0 Å². The Morgan fingerprint density at radius 2 is 1.77 bits per heavy atom. The van der Waals surface area contributed by atoms with Crippen molar-refractivity contribution >= 4 is 23.2 Å². The summed E-state index contributed by atoms with van der Waals surface area (Å²) in [6.45, 7) is 4.40. The molecule has 0 N–H and O–H groups in total. The Bertz CT molecular complexity index is 264. The molecule has 0 amide bonds. The quantitative estimate of drug-likeness (QED) is 0.699. The van der Waals surface area contributed by atoms with Gasteiger partial charge in [-0.15, -0.1) is 0 Å². The minimum Gasteiger partial charge on any atom is -0.224 e. The highest BCUT2D eigenvalue weighted by atomic mass is 35.5. The molecule has 0 saturated carbocycles. The summed E-state index contributed by atoms with van der Waals surface area (Å²) < 4.78 is 0. The van der Waals surface area contributed by atoms with Crippen molar-refractivity contribution < 1.29 is 0 Å². The molecule has 0 aliphatic heterocycles. The molecule has 1 rings (SSSR count). The lowest BCUT2D eigenvalue weighted by Crippen LogP contribution is -1.93. The summed E-state index contributed by atoms with van der Waals surface area (Å²) >= 11 is 11.5. The van der Waals surface area contributed by atoms with E-state index in [9.17, 15) is 0 Å². The molecule has 0 unspecified atom stereocenters. The van der Waals surface area contributed by atoms with E-state index in [-0.39, 0.29) is 0 Å². The second kappa shape index (κ2) is 4.83. The van der Waals surface area contributed by atoms with Gasteiger partial charge < -0.3 is 0 Å². The highest BCUT2D eigenvalue weighted by Crippen LogP contribution is 2.17. The summed E-state index contributed by atoms with van der Waals surface area (Å²) in [5.74, 6) is 0.700. The van der Waals surface area contributed by atoms with Crippen molar-refractivity contribution in [1.29, 1.82) is 0 Å². The highest BCUT2D eigenvalue weighted by Gasteiger charge is 2.00. The molecule has 0 aliphatic carbocycles. The van der Waals surface area contributed by atoms with Gasteiger partial charge in [0.25, 0.3) is 0 Å². The molecule has 1 aromatic rings. The number of pyridine rings is 1. The molecule has 0 aromatic carbocycles. The minimum absolute atomic E-state index is 0.478. The molecule has 1 heterocycles. The van der Waals surface area contributed by atoms with Crippen LogP contribution in [0.2, 0.25) is 10.3 Å². The number of hydrogen-bond acceptors (Lipinski definition) is 1. The Morgan fingerprint density at radius 1 is 1.23 bits per heavy atom. The molecule has 72 valence electrons. The van der Waals surface area contributed by atoms with Gasteiger partial charge in [0.2, 0.25) is 0 Å². The van der Waals surface area contributed by atoms with Gasteiger partial charge in [-0.2, -0.15) is 0 Å². The predicted molar refractivity (Wildman–Crippen MR) is 57.4 cm³/mol. The third-order valence-electron chi connectivity index (χ3n) is 1.83. The van der Waals surface area contributed by atoms with Crippen molar-refractivity contribution in [2.75, 3.05) is 0 Å². The standard InChI is InChI=1S/C10H13Cl2N/c1-7(2)3-4-8-5-9(11)13-10(12)6-8/h5-7H,3-4H2,1-2H3. The lowest BCUT2D eigenvalue weighted by atomic mass is 10.0. The molecular formula is C10H13Cl2N. The number of aryl methyl sites for hydroxylation is 1. The molecule has 0 spiro atoms. The van der Waals surface area contributed by atoms with Gasteiger partial charge in [-0.05, 0) is 36.5 Å². The Morgan fingerprint density at radius 3 is 2.23 bits per heavy atom. The van der Waals surface area contributed by atoms with Gasteiger partial charge in [-0.3, -0.25) is 0 Å². The molecule has 0 saturated heterocycles. The Balaban J connectivity index is 2.66. The van der Waals surface area contributed by atoms with Crippen LogP contribution < -0.4 is 0 Å².